The molecule has 0 aliphatic rings. The van der Waals surface area contributed by atoms with E-state index in [0.717, 1.165) is 5.56 Å². The van der Waals surface area contributed by atoms with Gasteiger partial charge in [0.25, 0.3) is 0 Å². The van der Waals surface area contributed by atoms with Crippen LogP contribution in [0, 0.1) is 6.92 Å². The van der Waals surface area contributed by atoms with Crippen molar-refractivity contribution in [2.24, 2.45) is 5.73 Å². The minimum atomic E-state index is -3.71. The van der Waals surface area contributed by atoms with Crippen LogP contribution in [0.15, 0.2) is 29.2 Å². The van der Waals surface area contributed by atoms with Crippen molar-refractivity contribution in [3.63, 3.8) is 0 Å². The van der Waals surface area contributed by atoms with Crippen LogP contribution in [0.1, 0.15) is 12.0 Å². The molecule has 7 heteroatoms. The Kier molecular flexibility index (Phi) is 5.84. The fourth-order valence-corrected chi connectivity index (χ4v) is 3.18. The van der Waals surface area contributed by atoms with Gasteiger partial charge in [0.15, 0.2) is 0 Å². The number of nitrogens with two attached hydrogens (primary N) is 1. The molecule has 106 valence electrons. The van der Waals surface area contributed by atoms with Crippen LogP contribution in [0.25, 0.3) is 0 Å². The second kappa shape index (κ2) is 6.93. The predicted molar refractivity (Wildman–Crippen MR) is 77.5 cm³/mol. The molecule has 0 aliphatic carbocycles. The number of hydrogen-bond acceptors (Lipinski definition) is 4. The van der Waals surface area contributed by atoms with Gasteiger partial charge in [-0.1, -0.05) is 17.7 Å². The quantitative estimate of drug-likeness (QED) is 0.782. The average molecular weight is 302 g/mol. The first kappa shape index (κ1) is 16.0. The molecule has 0 saturated heterocycles. The Morgan fingerprint density at radius 3 is 2.42 bits per heavy atom. The topological polar surface area (TPSA) is 89.3 Å². The number of thioether (sulfide) groups is 1. The van der Waals surface area contributed by atoms with Gasteiger partial charge in [0.1, 0.15) is 6.04 Å². The molecule has 1 aromatic carbocycles. The summed E-state index contributed by atoms with van der Waals surface area (Å²) in [7, 11) is -3.71. The average Bonchev–Trinajstić information content (AvgIpc) is 2.34. The Bertz CT molecular complexity index is 526. The summed E-state index contributed by atoms with van der Waals surface area (Å²) in [5, 5.41) is 0. The summed E-state index contributed by atoms with van der Waals surface area (Å²) in [6.45, 7) is 1.87. The van der Waals surface area contributed by atoms with Crippen LogP contribution >= 0.6 is 11.8 Å². The Hall–Kier alpha value is -1.05. The summed E-state index contributed by atoms with van der Waals surface area (Å²) < 4.78 is 26.5. The number of primary amides is 1. The number of carbonyl (C=O) groups is 1. The third kappa shape index (κ3) is 4.85. The van der Waals surface area contributed by atoms with E-state index in [9.17, 15) is 13.2 Å². The first-order chi connectivity index (χ1) is 8.86. The molecule has 19 heavy (non-hydrogen) atoms. The number of sulfonamides is 1. The molecule has 0 bridgehead atoms. The maximum Gasteiger partial charge on any atom is 0.241 e. The summed E-state index contributed by atoms with van der Waals surface area (Å²) in [6, 6.07) is 5.54. The normalized spacial score (nSPS) is 13.2. The first-order valence-corrected chi connectivity index (χ1v) is 8.62. The molecule has 0 saturated carbocycles. The lowest BCUT2D eigenvalue weighted by Crippen LogP contribution is -2.44. The van der Waals surface area contributed by atoms with Gasteiger partial charge in [-0.15, -0.1) is 0 Å². The maximum absolute atomic E-state index is 12.1. The highest BCUT2D eigenvalue weighted by molar-refractivity contribution is 7.98. The van der Waals surface area contributed by atoms with Crippen molar-refractivity contribution in [2.45, 2.75) is 24.3 Å². The van der Waals surface area contributed by atoms with Crippen molar-refractivity contribution in [3.05, 3.63) is 29.8 Å². The van der Waals surface area contributed by atoms with E-state index in [1.807, 2.05) is 13.2 Å². The van der Waals surface area contributed by atoms with Crippen LogP contribution < -0.4 is 10.5 Å². The number of benzene rings is 1. The van der Waals surface area contributed by atoms with E-state index in [0.29, 0.717) is 12.2 Å². The van der Waals surface area contributed by atoms with E-state index >= 15 is 0 Å². The summed E-state index contributed by atoms with van der Waals surface area (Å²) in [5.74, 6) is -0.00551. The van der Waals surface area contributed by atoms with Crippen LogP contribution in [0.3, 0.4) is 0 Å². The fraction of sp³-hybridized carbons (Fsp3) is 0.417. The van der Waals surface area contributed by atoms with E-state index in [1.165, 1.54) is 23.9 Å². The van der Waals surface area contributed by atoms with Gasteiger partial charge in [0.05, 0.1) is 4.90 Å². The fourth-order valence-electron chi connectivity index (χ4n) is 1.47. The lowest BCUT2D eigenvalue weighted by atomic mass is 10.2. The smallest absolute Gasteiger partial charge is 0.241 e. The molecule has 0 spiro atoms. The summed E-state index contributed by atoms with van der Waals surface area (Å²) in [5.41, 5.74) is 6.18. The lowest BCUT2D eigenvalue weighted by molar-refractivity contribution is -0.119. The van der Waals surface area contributed by atoms with Gasteiger partial charge in [0.2, 0.25) is 15.9 Å². The van der Waals surface area contributed by atoms with Crippen molar-refractivity contribution in [2.75, 3.05) is 12.0 Å². The molecule has 5 nitrogen and oxygen atoms in total. The molecule has 3 N–H and O–H groups in total. The number of hydrogen-bond donors (Lipinski definition) is 2. The van der Waals surface area contributed by atoms with Gasteiger partial charge in [-0.25, -0.2) is 8.42 Å². The third-order valence-electron chi connectivity index (χ3n) is 2.58. The van der Waals surface area contributed by atoms with Crippen LogP contribution in [0.5, 0.6) is 0 Å². The highest BCUT2D eigenvalue weighted by Crippen LogP contribution is 2.11. The van der Waals surface area contributed by atoms with E-state index in [-0.39, 0.29) is 4.90 Å². The molecule has 1 aromatic rings. The third-order valence-corrected chi connectivity index (χ3v) is 4.71. The number of nitrogens with one attached hydrogen (secondary N) is 1. The van der Waals surface area contributed by atoms with Gasteiger partial charge in [-0.2, -0.15) is 16.5 Å². The highest BCUT2D eigenvalue weighted by Gasteiger charge is 2.23. The van der Waals surface area contributed by atoms with Crippen molar-refractivity contribution in [1.82, 2.24) is 4.72 Å². The Morgan fingerprint density at radius 2 is 1.95 bits per heavy atom. The molecule has 0 radical (unpaired) electrons. The van der Waals surface area contributed by atoms with E-state index in [4.69, 9.17) is 5.73 Å². The minimum absolute atomic E-state index is 0.133. The monoisotopic (exact) mass is 302 g/mol. The van der Waals surface area contributed by atoms with Gasteiger partial charge < -0.3 is 5.73 Å². The Morgan fingerprint density at radius 1 is 1.37 bits per heavy atom. The Labute approximate surface area is 118 Å². The second-order valence-electron chi connectivity index (χ2n) is 4.17. The zero-order valence-corrected chi connectivity index (χ0v) is 12.6. The number of rotatable bonds is 7. The van der Waals surface area contributed by atoms with Crippen LogP contribution in [-0.2, 0) is 14.8 Å². The first-order valence-electron chi connectivity index (χ1n) is 5.74. The van der Waals surface area contributed by atoms with Gasteiger partial charge in [0, 0.05) is 0 Å². The second-order valence-corrected chi connectivity index (χ2v) is 6.87. The SMILES string of the molecule is CSCC[C@@H](NS(=O)(=O)c1ccc(C)cc1)C(N)=O. The van der Waals surface area contributed by atoms with Gasteiger partial charge in [-0.05, 0) is 37.5 Å². The molecular weight excluding hydrogens is 284 g/mol. The summed E-state index contributed by atoms with van der Waals surface area (Å²) >= 11 is 1.53. The molecule has 0 fully saturated rings. The predicted octanol–water partition coefficient (Wildman–Crippen LogP) is 0.880. The van der Waals surface area contributed by atoms with Crippen molar-refractivity contribution >= 4 is 27.7 Å². The van der Waals surface area contributed by atoms with Crippen LogP contribution in [0.2, 0.25) is 0 Å². The summed E-state index contributed by atoms with van der Waals surface area (Å²) in [4.78, 5) is 11.4. The zero-order valence-electron chi connectivity index (χ0n) is 10.9. The van der Waals surface area contributed by atoms with E-state index in [2.05, 4.69) is 4.72 Å². The number of carbonyl (C=O) groups excluding carboxylic acids is 1. The van der Waals surface area contributed by atoms with Crippen LogP contribution in [-0.4, -0.2) is 32.4 Å². The van der Waals surface area contributed by atoms with E-state index in [1.54, 1.807) is 12.1 Å². The zero-order chi connectivity index (χ0) is 14.5. The molecule has 1 atom stereocenters. The number of amides is 1. The molecule has 1 rings (SSSR count). The molecule has 0 unspecified atom stereocenters. The molecule has 0 aromatic heterocycles. The van der Waals surface area contributed by atoms with Crippen molar-refractivity contribution < 1.29 is 13.2 Å². The molecule has 0 aliphatic heterocycles. The lowest BCUT2D eigenvalue weighted by Gasteiger charge is -2.15. The molecule has 1 amide bonds. The van der Waals surface area contributed by atoms with Gasteiger partial charge in [-0.3, -0.25) is 4.79 Å². The molecular formula is C12H18N2O3S2. The highest BCUT2D eigenvalue weighted by atomic mass is 32.2. The largest absolute Gasteiger partial charge is 0.368 e. The Balaban J connectivity index is 2.87. The standard InChI is InChI=1S/C12H18N2O3S2/c1-9-3-5-10(6-4-9)19(16,17)14-11(12(13)15)7-8-18-2/h3-6,11,14H,7-8H2,1-2H3,(H2,13,15)/t11-/m1/s1. The van der Waals surface area contributed by atoms with Crippen LogP contribution in [0.4, 0.5) is 0 Å². The maximum atomic E-state index is 12.1. The minimum Gasteiger partial charge on any atom is -0.368 e. The van der Waals surface area contributed by atoms with E-state index < -0.39 is 22.0 Å². The van der Waals surface area contributed by atoms with Gasteiger partial charge >= 0.3 is 0 Å². The summed E-state index contributed by atoms with van der Waals surface area (Å²) in [6.07, 6.45) is 2.26. The number of aryl methyl sites for hydroxylation is 1. The van der Waals surface area contributed by atoms with Crippen molar-refractivity contribution in [3.8, 4) is 0 Å². The van der Waals surface area contributed by atoms with Crippen molar-refractivity contribution in [1.29, 1.82) is 0 Å². The molecule has 0 heterocycles.